The second kappa shape index (κ2) is 5.35. The normalized spacial score (nSPS) is 14.8. The first kappa shape index (κ1) is 14.4. The van der Waals surface area contributed by atoms with Crippen molar-refractivity contribution in [3.8, 4) is 0 Å². The lowest BCUT2D eigenvalue weighted by Crippen LogP contribution is -2.35. The molecule has 0 saturated carbocycles. The van der Waals surface area contributed by atoms with Gasteiger partial charge < -0.3 is 5.73 Å². The Morgan fingerprint density at radius 2 is 1.90 bits per heavy atom. The zero-order valence-corrected chi connectivity index (χ0v) is 13.7. The minimum absolute atomic E-state index is 0.147. The summed E-state index contributed by atoms with van der Waals surface area (Å²) in [6.45, 7) is 0.477. The van der Waals surface area contributed by atoms with Crippen molar-refractivity contribution in [3.05, 3.63) is 52.5 Å². The van der Waals surface area contributed by atoms with E-state index in [0.29, 0.717) is 11.0 Å². The molecule has 0 bridgehead atoms. The number of sulfonamides is 1. The summed E-state index contributed by atoms with van der Waals surface area (Å²) in [4.78, 5) is 0.147. The fourth-order valence-electron chi connectivity index (χ4n) is 2.60. The second-order valence-corrected chi connectivity index (χ2v) is 7.74. The van der Waals surface area contributed by atoms with Gasteiger partial charge in [0.2, 0.25) is 0 Å². The van der Waals surface area contributed by atoms with Crippen molar-refractivity contribution in [2.24, 2.45) is 0 Å². The SMILES string of the molecule is Nc1ccc(Br)cc1S(=O)(=O)N1CCCc2ccccc21. The molecule has 0 atom stereocenters. The number of halogens is 1. The Morgan fingerprint density at radius 1 is 1.14 bits per heavy atom. The highest BCUT2D eigenvalue weighted by Gasteiger charge is 2.30. The van der Waals surface area contributed by atoms with Crippen LogP contribution in [0.4, 0.5) is 11.4 Å². The number of hydrogen-bond acceptors (Lipinski definition) is 3. The summed E-state index contributed by atoms with van der Waals surface area (Å²) >= 11 is 3.31. The molecule has 1 aliphatic heterocycles. The zero-order valence-electron chi connectivity index (χ0n) is 11.3. The van der Waals surface area contributed by atoms with Gasteiger partial charge in [0.15, 0.2) is 0 Å². The maximum Gasteiger partial charge on any atom is 0.266 e. The summed E-state index contributed by atoms with van der Waals surface area (Å²) in [5, 5.41) is 0. The molecule has 4 nitrogen and oxygen atoms in total. The lowest BCUT2D eigenvalue weighted by molar-refractivity contribution is 0.587. The molecule has 0 amide bonds. The first-order chi connectivity index (χ1) is 10.00. The number of nitrogens with zero attached hydrogens (tertiary/aromatic N) is 1. The molecule has 3 rings (SSSR count). The molecule has 0 saturated heterocycles. The van der Waals surface area contributed by atoms with Crippen LogP contribution in [0.3, 0.4) is 0 Å². The molecule has 0 fully saturated rings. The highest BCUT2D eigenvalue weighted by Crippen LogP contribution is 2.34. The zero-order chi connectivity index (χ0) is 15.0. The van der Waals surface area contributed by atoms with Gasteiger partial charge in [-0.3, -0.25) is 4.31 Å². The van der Waals surface area contributed by atoms with Crippen LogP contribution in [0.5, 0.6) is 0 Å². The average Bonchev–Trinajstić information content (AvgIpc) is 2.49. The minimum Gasteiger partial charge on any atom is -0.398 e. The molecule has 2 aromatic rings. The number of benzene rings is 2. The van der Waals surface area contributed by atoms with Crippen molar-refractivity contribution < 1.29 is 8.42 Å². The van der Waals surface area contributed by atoms with Gasteiger partial charge in [0, 0.05) is 11.0 Å². The van der Waals surface area contributed by atoms with Gasteiger partial charge >= 0.3 is 0 Å². The van der Waals surface area contributed by atoms with Crippen LogP contribution in [0.2, 0.25) is 0 Å². The Balaban J connectivity index is 2.14. The lowest BCUT2D eigenvalue weighted by Gasteiger charge is -2.30. The molecular weight excluding hydrogens is 352 g/mol. The van der Waals surface area contributed by atoms with E-state index in [4.69, 9.17) is 5.73 Å². The number of nitrogens with two attached hydrogens (primary N) is 1. The third kappa shape index (κ3) is 2.53. The smallest absolute Gasteiger partial charge is 0.266 e. The van der Waals surface area contributed by atoms with Crippen LogP contribution in [-0.4, -0.2) is 15.0 Å². The fourth-order valence-corrected chi connectivity index (χ4v) is 4.80. The van der Waals surface area contributed by atoms with Gasteiger partial charge in [0.05, 0.1) is 11.4 Å². The van der Waals surface area contributed by atoms with E-state index in [-0.39, 0.29) is 10.6 Å². The van der Waals surface area contributed by atoms with E-state index in [2.05, 4.69) is 15.9 Å². The number of fused-ring (bicyclic) bond motifs is 1. The van der Waals surface area contributed by atoms with Crippen molar-refractivity contribution in [2.75, 3.05) is 16.6 Å². The summed E-state index contributed by atoms with van der Waals surface area (Å²) in [5.74, 6) is 0. The van der Waals surface area contributed by atoms with Crippen molar-refractivity contribution >= 4 is 37.3 Å². The first-order valence-electron chi connectivity index (χ1n) is 6.66. The molecule has 2 aromatic carbocycles. The van der Waals surface area contributed by atoms with Crippen molar-refractivity contribution in [3.63, 3.8) is 0 Å². The molecule has 0 aromatic heterocycles. The molecule has 0 aliphatic carbocycles. The maximum atomic E-state index is 12.9. The van der Waals surface area contributed by atoms with Crippen molar-refractivity contribution in [1.82, 2.24) is 0 Å². The summed E-state index contributed by atoms with van der Waals surface area (Å²) in [6, 6.07) is 12.5. The highest BCUT2D eigenvalue weighted by atomic mass is 79.9. The van der Waals surface area contributed by atoms with Gasteiger partial charge in [-0.05, 0) is 42.7 Å². The van der Waals surface area contributed by atoms with Crippen molar-refractivity contribution in [2.45, 2.75) is 17.7 Å². The van der Waals surface area contributed by atoms with Crippen LogP contribution in [0.1, 0.15) is 12.0 Å². The van der Waals surface area contributed by atoms with E-state index in [1.54, 1.807) is 18.2 Å². The van der Waals surface area contributed by atoms with Crippen LogP contribution in [0.15, 0.2) is 51.8 Å². The van der Waals surface area contributed by atoms with Gasteiger partial charge in [-0.2, -0.15) is 0 Å². The van der Waals surface area contributed by atoms with Crippen LogP contribution in [0.25, 0.3) is 0 Å². The summed E-state index contributed by atoms with van der Waals surface area (Å²) in [7, 11) is -3.65. The van der Waals surface area contributed by atoms with Gasteiger partial charge in [-0.1, -0.05) is 34.1 Å². The van der Waals surface area contributed by atoms with Gasteiger partial charge in [0.25, 0.3) is 10.0 Å². The average molecular weight is 367 g/mol. The molecule has 21 heavy (non-hydrogen) atoms. The molecule has 1 aliphatic rings. The largest absolute Gasteiger partial charge is 0.398 e. The Bertz CT molecular complexity index is 790. The molecule has 0 spiro atoms. The van der Waals surface area contributed by atoms with E-state index in [0.717, 1.165) is 24.1 Å². The number of nitrogen functional groups attached to an aromatic ring is 1. The molecule has 0 unspecified atom stereocenters. The van der Waals surface area contributed by atoms with Gasteiger partial charge in [-0.15, -0.1) is 0 Å². The third-order valence-electron chi connectivity index (χ3n) is 3.61. The maximum absolute atomic E-state index is 12.9. The number of para-hydroxylation sites is 1. The fraction of sp³-hybridized carbons (Fsp3) is 0.200. The van der Waals surface area contributed by atoms with Crippen LogP contribution in [-0.2, 0) is 16.4 Å². The minimum atomic E-state index is -3.65. The molecule has 110 valence electrons. The third-order valence-corrected chi connectivity index (χ3v) is 5.97. The quantitative estimate of drug-likeness (QED) is 0.830. The van der Waals surface area contributed by atoms with E-state index in [1.165, 1.54) is 4.31 Å². The van der Waals surface area contributed by atoms with E-state index in [9.17, 15) is 8.42 Å². The predicted octanol–water partition coefficient (Wildman–Crippen LogP) is 3.17. The van der Waals surface area contributed by atoms with E-state index < -0.39 is 10.0 Å². The van der Waals surface area contributed by atoms with Gasteiger partial charge in [-0.25, -0.2) is 8.42 Å². The lowest BCUT2D eigenvalue weighted by atomic mass is 10.0. The Labute approximate surface area is 132 Å². The first-order valence-corrected chi connectivity index (χ1v) is 8.89. The predicted molar refractivity (Wildman–Crippen MR) is 87.8 cm³/mol. The number of anilines is 2. The number of hydrogen-bond donors (Lipinski definition) is 1. The van der Waals surface area contributed by atoms with Crippen LogP contribution in [0, 0.1) is 0 Å². The van der Waals surface area contributed by atoms with Crippen LogP contribution < -0.4 is 10.0 Å². The monoisotopic (exact) mass is 366 g/mol. The molecule has 0 radical (unpaired) electrons. The summed E-state index contributed by atoms with van der Waals surface area (Å²) in [6.07, 6.45) is 1.71. The standard InChI is InChI=1S/C15H15BrN2O2S/c16-12-7-8-13(17)15(10-12)21(19,20)18-9-3-5-11-4-1-2-6-14(11)18/h1-2,4,6-8,10H,3,5,9,17H2. The van der Waals surface area contributed by atoms with E-state index >= 15 is 0 Å². The molecule has 6 heteroatoms. The van der Waals surface area contributed by atoms with Crippen LogP contribution >= 0.6 is 15.9 Å². The highest BCUT2D eigenvalue weighted by molar-refractivity contribution is 9.10. The van der Waals surface area contributed by atoms with Gasteiger partial charge in [0.1, 0.15) is 4.90 Å². The number of rotatable bonds is 2. The summed E-state index contributed by atoms with van der Waals surface area (Å²) in [5.41, 5.74) is 7.95. The molecule has 1 heterocycles. The van der Waals surface area contributed by atoms with E-state index in [1.807, 2.05) is 24.3 Å². The Morgan fingerprint density at radius 3 is 2.71 bits per heavy atom. The summed E-state index contributed by atoms with van der Waals surface area (Å²) < 4.78 is 28.1. The Hall–Kier alpha value is -1.53. The number of aryl methyl sites for hydroxylation is 1. The molecular formula is C15H15BrN2O2S. The van der Waals surface area contributed by atoms with Crippen molar-refractivity contribution in [1.29, 1.82) is 0 Å². The molecule has 2 N–H and O–H groups in total. The Kier molecular flexibility index (Phi) is 3.67. The second-order valence-electron chi connectivity index (χ2n) is 4.99. The topological polar surface area (TPSA) is 63.4 Å².